The molecule has 1 aromatic carbocycles. The molecule has 1 saturated carbocycles. The fraction of sp³-hybridized carbons (Fsp3) is 0.391. The van der Waals surface area contributed by atoms with Crippen molar-refractivity contribution >= 4 is 40.2 Å². The first kappa shape index (κ1) is 22.0. The highest BCUT2D eigenvalue weighted by Gasteiger charge is 2.52. The highest BCUT2D eigenvalue weighted by atomic mass is 32.1. The van der Waals surface area contributed by atoms with Gasteiger partial charge in [0.1, 0.15) is 22.6 Å². The molecule has 8 nitrogen and oxygen atoms in total. The fourth-order valence-corrected chi connectivity index (χ4v) is 5.22. The summed E-state index contributed by atoms with van der Waals surface area (Å²) in [4.78, 5) is 51.6. The van der Waals surface area contributed by atoms with Gasteiger partial charge in [-0.1, -0.05) is 42.7 Å². The molecular formula is C23H25N3O5S. The molecule has 0 radical (unpaired) electrons. The Labute approximate surface area is 189 Å². The van der Waals surface area contributed by atoms with E-state index in [1.54, 1.807) is 12.3 Å². The van der Waals surface area contributed by atoms with Gasteiger partial charge in [-0.25, -0.2) is 9.59 Å². The topological polar surface area (TPSA) is 105 Å². The van der Waals surface area contributed by atoms with Crippen molar-refractivity contribution in [3.8, 4) is 11.1 Å². The van der Waals surface area contributed by atoms with Gasteiger partial charge in [-0.15, -0.1) is 11.3 Å². The van der Waals surface area contributed by atoms with E-state index in [1.807, 2.05) is 31.2 Å². The summed E-state index contributed by atoms with van der Waals surface area (Å²) >= 11 is 1.20. The summed E-state index contributed by atoms with van der Waals surface area (Å²) in [5, 5.41) is 7.58. The molecule has 0 atom stereocenters. The quantitative estimate of drug-likeness (QED) is 0.510. The summed E-state index contributed by atoms with van der Waals surface area (Å²) in [5.74, 6) is -1.45. The minimum absolute atomic E-state index is 0.194. The van der Waals surface area contributed by atoms with Crippen molar-refractivity contribution in [3.63, 3.8) is 0 Å². The van der Waals surface area contributed by atoms with Crippen LogP contribution < -0.4 is 10.6 Å². The smallest absolute Gasteiger partial charge is 0.341 e. The summed E-state index contributed by atoms with van der Waals surface area (Å²) in [6.07, 6.45) is 2.92. The molecule has 2 fully saturated rings. The van der Waals surface area contributed by atoms with Gasteiger partial charge in [-0.3, -0.25) is 14.5 Å². The standard InChI is InChI=1S/C23H25N3O5S/c1-3-31-20(28)18-16(15-8-6-14(2)7-9-15)13-32-19(18)24-17(27)12-26-21(29)23(25-22(26)30)10-4-5-11-23/h6-9,13H,3-5,10-12H2,1-2H3,(H,24,27)(H,25,30). The minimum atomic E-state index is -0.866. The van der Waals surface area contributed by atoms with E-state index >= 15 is 0 Å². The second-order valence-corrected chi connectivity index (χ2v) is 8.98. The number of carbonyl (C=O) groups excluding carboxylic acids is 4. The Bertz CT molecular complexity index is 1070. The third-order valence-corrected chi connectivity index (χ3v) is 6.79. The largest absolute Gasteiger partial charge is 0.462 e. The van der Waals surface area contributed by atoms with Gasteiger partial charge in [0.2, 0.25) is 5.91 Å². The number of urea groups is 1. The molecule has 4 amide bonds. The van der Waals surface area contributed by atoms with Crippen LogP contribution in [0.25, 0.3) is 11.1 Å². The maximum Gasteiger partial charge on any atom is 0.341 e. The minimum Gasteiger partial charge on any atom is -0.462 e. The molecule has 32 heavy (non-hydrogen) atoms. The second-order valence-electron chi connectivity index (χ2n) is 8.10. The van der Waals surface area contributed by atoms with Crippen LogP contribution >= 0.6 is 11.3 Å². The van der Waals surface area contributed by atoms with E-state index in [4.69, 9.17) is 4.74 Å². The van der Waals surface area contributed by atoms with Crippen LogP contribution in [0.15, 0.2) is 29.6 Å². The number of hydrogen-bond donors (Lipinski definition) is 2. The highest BCUT2D eigenvalue weighted by Crippen LogP contribution is 2.37. The van der Waals surface area contributed by atoms with E-state index in [0.29, 0.717) is 23.4 Å². The monoisotopic (exact) mass is 455 g/mol. The van der Waals surface area contributed by atoms with Crippen LogP contribution in [0.1, 0.15) is 48.5 Å². The Balaban J connectivity index is 1.55. The first-order valence-corrected chi connectivity index (χ1v) is 11.5. The molecule has 0 unspecified atom stereocenters. The number of amides is 4. The van der Waals surface area contributed by atoms with Crippen LogP contribution in [0, 0.1) is 6.92 Å². The Morgan fingerprint density at radius 2 is 1.88 bits per heavy atom. The van der Waals surface area contributed by atoms with E-state index in [9.17, 15) is 19.2 Å². The van der Waals surface area contributed by atoms with E-state index < -0.39 is 30.0 Å². The lowest BCUT2D eigenvalue weighted by atomic mass is 9.98. The zero-order valence-electron chi connectivity index (χ0n) is 18.0. The van der Waals surface area contributed by atoms with E-state index in [2.05, 4.69) is 10.6 Å². The number of thiophene rings is 1. The SMILES string of the molecule is CCOC(=O)c1c(-c2ccc(C)cc2)csc1NC(=O)CN1C(=O)NC2(CCCC2)C1=O. The number of rotatable bonds is 6. The molecule has 2 aliphatic rings. The molecule has 2 N–H and O–H groups in total. The predicted octanol–water partition coefficient (Wildman–Crippen LogP) is 3.70. The predicted molar refractivity (Wildman–Crippen MR) is 121 cm³/mol. The Kier molecular flexibility index (Phi) is 6.01. The average molecular weight is 456 g/mol. The van der Waals surface area contributed by atoms with Crippen molar-refractivity contribution in [1.82, 2.24) is 10.2 Å². The molecule has 4 rings (SSSR count). The maximum atomic E-state index is 12.8. The number of carbonyl (C=O) groups is 4. The van der Waals surface area contributed by atoms with Gasteiger partial charge in [-0.2, -0.15) is 0 Å². The van der Waals surface area contributed by atoms with Gasteiger partial charge >= 0.3 is 12.0 Å². The summed E-state index contributed by atoms with van der Waals surface area (Å²) in [6.45, 7) is 3.47. The van der Waals surface area contributed by atoms with Crippen molar-refractivity contribution in [3.05, 3.63) is 40.8 Å². The molecule has 168 valence electrons. The molecule has 0 bridgehead atoms. The first-order valence-electron chi connectivity index (χ1n) is 10.6. The molecule has 2 heterocycles. The number of ether oxygens (including phenoxy) is 1. The Morgan fingerprint density at radius 3 is 2.53 bits per heavy atom. The van der Waals surface area contributed by atoms with Gasteiger partial charge in [0.25, 0.3) is 5.91 Å². The molecule has 1 spiro atoms. The summed E-state index contributed by atoms with van der Waals surface area (Å²) in [5.41, 5.74) is 1.97. The highest BCUT2D eigenvalue weighted by molar-refractivity contribution is 7.15. The molecule has 1 aliphatic heterocycles. The van der Waals surface area contributed by atoms with Crippen LogP contribution in [-0.4, -0.2) is 47.4 Å². The van der Waals surface area contributed by atoms with Crippen molar-refractivity contribution in [1.29, 1.82) is 0 Å². The van der Waals surface area contributed by atoms with Crippen molar-refractivity contribution in [2.24, 2.45) is 0 Å². The van der Waals surface area contributed by atoms with Crippen LogP contribution in [0.2, 0.25) is 0 Å². The van der Waals surface area contributed by atoms with Gasteiger partial charge < -0.3 is 15.4 Å². The molecule has 9 heteroatoms. The third-order valence-electron chi connectivity index (χ3n) is 5.89. The van der Waals surface area contributed by atoms with Crippen LogP contribution in [0.5, 0.6) is 0 Å². The lowest BCUT2D eigenvalue weighted by Crippen LogP contribution is -2.44. The Hall–Kier alpha value is -3.20. The zero-order chi connectivity index (χ0) is 22.9. The van der Waals surface area contributed by atoms with Crippen molar-refractivity contribution < 1.29 is 23.9 Å². The summed E-state index contributed by atoms with van der Waals surface area (Å²) in [7, 11) is 0. The number of nitrogens with one attached hydrogen (secondary N) is 2. The van der Waals surface area contributed by atoms with Crippen LogP contribution in [0.3, 0.4) is 0 Å². The number of esters is 1. The van der Waals surface area contributed by atoms with Gasteiger partial charge in [0.05, 0.1) is 6.61 Å². The normalized spacial score (nSPS) is 17.0. The number of imide groups is 1. The van der Waals surface area contributed by atoms with E-state index in [-0.39, 0.29) is 18.1 Å². The summed E-state index contributed by atoms with van der Waals surface area (Å²) in [6, 6.07) is 7.14. The molecule has 2 aromatic rings. The van der Waals surface area contributed by atoms with Crippen LogP contribution in [-0.2, 0) is 14.3 Å². The van der Waals surface area contributed by atoms with E-state index in [1.165, 1.54) is 11.3 Å². The molecular weight excluding hydrogens is 430 g/mol. The van der Waals surface area contributed by atoms with Crippen molar-refractivity contribution in [2.45, 2.75) is 45.1 Å². The van der Waals surface area contributed by atoms with Crippen molar-refractivity contribution in [2.75, 3.05) is 18.5 Å². The number of hydrogen-bond acceptors (Lipinski definition) is 6. The number of aryl methyl sites for hydroxylation is 1. The Morgan fingerprint density at radius 1 is 1.19 bits per heavy atom. The first-order chi connectivity index (χ1) is 15.3. The number of anilines is 1. The molecule has 1 aromatic heterocycles. The van der Waals surface area contributed by atoms with Gasteiger partial charge in [0.15, 0.2) is 0 Å². The lowest BCUT2D eigenvalue weighted by Gasteiger charge is -2.19. The van der Waals surface area contributed by atoms with Gasteiger partial charge in [0, 0.05) is 10.9 Å². The summed E-state index contributed by atoms with van der Waals surface area (Å²) < 4.78 is 5.21. The zero-order valence-corrected chi connectivity index (χ0v) is 18.8. The molecule has 1 saturated heterocycles. The second kappa shape index (κ2) is 8.74. The molecule has 1 aliphatic carbocycles. The van der Waals surface area contributed by atoms with Crippen LogP contribution in [0.4, 0.5) is 9.80 Å². The lowest BCUT2D eigenvalue weighted by molar-refractivity contribution is -0.133. The number of benzene rings is 1. The van der Waals surface area contributed by atoms with E-state index in [0.717, 1.165) is 28.9 Å². The third kappa shape index (κ3) is 4.00. The number of nitrogens with zero attached hydrogens (tertiary/aromatic N) is 1. The van der Waals surface area contributed by atoms with Gasteiger partial charge in [-0.05, 0) is 32.3 Å². The fourth-order valence-electron chi connectivity index (χ4n) is 4.25. The maximum absolute atomic E-state index is 12.8. The average Bonchev–Trinajstić information content (AvgIpc) is 3.45.